The van der Waals surface area contributed by atoms with Crippen molar-refractivity contribution in [1.29, 1.82) is 0 Å². The van der Waals surface area contributed by atoms with Crippen molar-refractivity contribution in [3.8, 4) is 0 Å². The highest BCUT2D eigenvalue weighted by molar-refractivity contribution is 5.48. The van der Waals surface area contributed by atoms with Crippen molar-refractivity contribution in [2.24, 2.45) is 0 Å². The summed E-state index contributed by atoms with van der Waals surface area (Å²) in [6.07, 6.45) is 2.07. The summed E-state index contributed by atoms with van der Waals surface area (Å²) in [6.45, 7) is 9.96. The third-order valence-electron chi connectivity index (χ3n) is 6.33. The molecule has 3 heteroatoms. The highest BCUT2D eigenvalue weighted by atomic mass is 16.3. The molecular weight excluding hydrogens is 380 g/mol. The third-order valence-corrected chi connectivity index (χ3v) is 6.33. The number of hydrogen-bond acceptors (Lipinski definition) is 3. The standard InChI is InChI=1S/C28H38N2O/c1-20(2)28-16-15-27(31-28)19-22(4)24-9-13-26(14-10-24)30(6)18-17-21(3)23-7-11-25(29-5)12-8-23/h7-16,20-22,29H,17-19H2,1-6H3. The van der Waals surface area contributed by atoms with Crippen LogP contribution in [-0.2, 0) is 6.42 Å². The van der Waals surface area contributed by atoms with Crippen molar-refractivity contribution in [3.63, 3.8) is 0 Å². The summed E-state index contributed by atoms with van der Waals surface area (Å²) >= 11 is 0. The van der Waals surface area contributed by atoms with E-state index in [0.717, 1.165) is 36.6 Å². The lowest BCUT2D eigenvalue weighted by atomic mass is 9.96. The number of benzene rings is 2. The Kier molecular flexibility index (Phi) is 7.84. The predicted molar refractivity (Wildman–Crippen MR) is 134 cm³/mol. The molecule has 1 N–H and O–H groups in total. The molecule has 0 saturated heterocycles. The van der Waals surface area contributed by atoms with Gasteiger partial charge in [0.1, 0.15) is 11.5 Å². The van der Waals surface area contributed by atoms with Crippen LogP contribution in [0.2, 0.25) is 0 Å². The van der Waals surface area contributed by atoms with Gasteiger partial charge in [-0.15, -0.1) is 0 Å². The maximum atomic E-state index is 5.99. The summed E-state index contributed by atoms with van der Waals surface area (Å²) < 4.78 is 5.99. The van der Waals surface area contributed by atoms with Crippen molar-refractivity contribution in [3.05, 3.63) is 83.3 Å². The maximum Gasteiger partial charge on any atom is 0.106 e. The fourth-order valence-corrected chi connectivity index (χ4v) is 3.95. The largest absolute Gasteiger partial charge is 0.466 e. The van der Waals surface area contributed by atoms with Crippen LogP contribution in [0, 0.1) is 0 Å². The average molecular weight is 419 g/mol. The van der Waals surface area contributed by atoms with Gasteiger partial charge in [0.2, 0.25) is 0 Å². The molecule has 0 fully saturated rings. The molecule has 3 aromatic rings. The van der Waals surface area contributed by atoms with Gasteiger partial charge < -0.3 is 14.6 Å². The Bertz CT molecular complexity index is 924. The van der Waals surface area contributed by atoms with Gasteiger partial charge in [0.15, 0.2) is 0 Å². The number of furan rings is 1. The van der Waals surface area contributed by atoms with Crippen LogP contribution < -0.4 is 10.2 Å². The van der Waals surface area contributed by atoms with E-state index >= 15 is 0 Å². The van der Waals surface area contributed by atoms with Gasteiger partial charge in [-0.05, 0) is 65.8 Å². The van der Waals surface area contributed by atoms with E-state index in [1.165, 1.54) is 16.8 Å². The van der Waals surface area contributed by atoms with Crippen LogP contribution >= 0.6 is 0 Å². The number of nitrogens with one attached hydrogen (secondary N) is 1. The van der Waals surface area contributed by atoms with Gasteiger partial charge in [-0.2, -0.15) is 0 Å². The molecule has 0 spiro atoms. The molecule has 1 aromatic heterocycles. The predicted octanol–water partition coefficient (Wildman–Crippen LogP) is 7.42. The van der Waals surface area contributed by atoms with Crippen molar-refractivity contribution >= 4 is 11.4 Å². The van der Waals surface area contributed by atoms with Crippen LogP contribution in [0.1, 0.15) is 74.5 Å². The molecule has 0 bridgehead atoms. The van der Waals surface area contributed by atoms with Gasteiger partial charge >= 0.3 is 0 Å². The van der Waals surface area contributed by atoms with Crippen molar-refractivity contribution in [2.45, 2.75) is 58.3 Å². The quantitative estimate of drug-likeness (QED) is 0.371. The van der Waals surface area contributed by atoms with Gasteiger partial charge in [-0.25, -0.2) is 0 Å². The minimum atomic E-state index is 0.436. The van der Waals surface area contributed by atoms with E-state index in [1.807, 2.05) is 7.05 Å². The Labute approximate surface area is 188 Å². The van der Waals surface area contributed by atoms with E-state index in [2.05, 4.69) is 106 Å². The van der Waals surface area contributed by atoms with Gasteiger partial charge in [0.25, 0.3) is 0 Å². The Morgan fingerprint density at radius 2 is 1.42 bits per heavy atom. The zero-order valence-corrected chi connectivity index (χ0v) is 20.0. The lowest BCUT2D eigenvalue weighted by molar-refractivity contribution is 0.438. The molecule has 31 heavy (non-hydrogen) atoms. The highest BCUT2D eigenvalue weighted by Crippen LogP contribution is 2.27. The van der Waals surface area contributed by atoms with Gasteiger partial charge in [0, 0.05) is 44.4 Å². The van der Waals surface area contributed by atoms with Gasteiger partial charge in [-0.1, -0.05) is 52.0 Å². The molecule has 0 aliphatic carbocycles. The van der Waals surface area contributed by atoms with Crippen LogP contribution in [-0.4, -0.2) is 20.6 Å². The van der Waals surface area contributed by atoms with E-state index in [1.54, 1.807) is 0 Å². The van der Waals surface area contributed by atoms with Crippen molar-refractivity contribution < 1.29 is 4.42 Å². The van der Waals surface area contributed by atoms with Crippen LogP contribution in [0.25, 0.3) is 0 Å². The average Bonchev–Trinajstić information content (AvgIpc) is 3.26. The molecule has 0 aliphatic rings. The van der Waals surface area contributed by atoms with E-state index in [9.17, 15) is 0 Å². The fraction of sp³-hybridized carbons (Fsp3) is 0.429. The van der Waals surface area contributed by atoms with E-state index < -0.39 is 0 Å². The van der Waals surface area contributed by atoms with E-state index in [0.29, 0.717) is 17.8 Å². The lowest BCUT2D eigenvalue weighted by Gasteiger charge is -2.22. The molecule has 3 nitrogen and oxygen atoms in total. The highest BCUT2D eigenvalue weighted by Gasteiger charge is 2.13. The minimum Gasteiger partial charge on any atom is -0.466 e. The van der Waals surface area contributed by atoms with Crippen molar-refractivity contribution in [1.82, 2.24) is 0 Å². The van der Waals surface area contributed by atoms with Crippen LogP contribution in [0.15, 0.2) is 65.1 Å². The molecule has 0 saturated carbocycles. The second kappa shape index (κ2) is 10.6. The summed E-state index contributed by atoms with van der Waals surface area (Å²) in [7, 11) is 4.14. The molecule has 2 unspecified atom stereocenters. The number of anilines is 2. The maximum absolute atomic E-state index is 5.99. The SMILES string of the molecule is CNc1ccc(C(C)CCN(C)c2ccc(C(C)Cc3ccc(C(C)C)o3)cc2)cc1. The third kappa shape index (κ3) is 6.16. The van der Waals surface area contributed by atoms with Gasteiger partial charge in [-0.3, -0.25) is 0 Å². The first-order valence-corrected chi connectivity index (χ1v) is 11.5. The summed E-state index contributed by atoms with van der Waals surface area (Å²) in [5.41, 5.74) is 5.19. The number of rotatable bonds is 10. The number of hydrogen-bond donors (Lipinski definition) is 1. The zero-order chi connectivity index (χ0) is 22.4. The second-order valence-corrected chi connectivity index (χ2v) is 9.14. The van der Waals surface area contributed by atoms with E-state index in [-0.39, 0.29) is 0 Å². The molecule has 2 atom stereocenters. The van der Waals surface area contributed by atoms with Crippen molar-refractivity contribution in [2.75, 3.05) is 30.9 Å². The second-order valence-electron chi connectivity index (χ2n) is 9.14. The van der Waals surface area contributed by atoms with Gasteiger partial charge in [0.05, 0.1) is 0 Å². The van der Waals surface area contributed by atoms with Crippen LogP contribution in [0.4, 0.5) is 11.4 Å². The monoisotopic (exact) mass is 418 g/mol. The Morgan fingerprint density at radius 1 is 0.806 bits per heavy atom. The summed E-state index contributed by atoms with van der Waals surface area (Å²) in [4.78, 5) is 2.36. The molecule has 0 radical (unpaired) electrons. The van der Waals surface area contributed by atoms with Crippen LogP contribution in [0.5, 0.6) is 0 Å². The molecule has 0 aliphatic heterocycles. The topological polar surface area (TPSA) is 28.4 Å². The molecule has 3 rings (SSSR count). The number of nitrogens with zero attached hydrogens (tertiary/aromatic N) is 1. The normalized spacial score (nSPS) is 13.3. The minimum absolute atomic E-state index is 0.436. The summed E-state index contributed by atoms with van der Waals surface area (Å²) in [6, 6.07) is 22.0. The zero-order valence-electron chi connectivity index (χ0n) is 20.0. The van der Waals surface area contributed by atoms with E-state index in [4.69, 9.17) is 4.42 Å². The molecule has 166 valence electrons. The molecule has 1 heterocycles. The first-order valence-electron chi connectivity index (χ1n) is 11.5. The first-order chi connectivity index (χ1) is 14.9. The molecule has 2 aromatic carbocycles. The summed E-state index contributed by atoms with van der Waals surface area (Å²) in [5, 5.41) is 3.18. The lowest BCUT2D eigenvalue weighted by Crippen LogP contribution is -2.20. The first kappa shape index (κ1) is 23.0. The smallest absolute Gasteiger partial charge is 0.106 e. The molecule has 0 amide bonds. The molecular formula is C28H38N2O. The Balaban J connectivity index is 1.53. The van der Waals surface area contributed by atoms with Crippen LogP contribution in [0.3, 0.4) is 0 Å². The Hall–Kier alpha value is -2.68. The Morgan fingerprint density at radius 3 is 2.00 bits per heavy atom. The fourth-order valence-electron chi connectivity index (χ4n) is 3.95. The summed E-state index contributed by atoms with van der Waals surface area (Å²) in [5.74, 6) is 3.57.